The molecule has 0 fully saturated rings. The van der Waals surface area contributed by atoms with Gasteiger partial charge in [-0.15, -0.1) is 0 Å². The molecule has 0 unspecified atom stereocenters. The summed E-state index contributed by atoms with van der Waals surface area (Å²) in [5.41, 5.74) is 3.92. The molecule has 0 atom stereocenters. The maximum Gasteiger partial charge on any atom is 0.430 e. The molecule has 1 aliphatic heterocycles. The summed E-state index contributed by atoms with van der Waals surface area (Å²) in [4.78, 5) is 40.1. The zero-order chi connectivity index (χ0) is 27.6. The Hall–Kier alpha value is -4.74. The summed E-state index contributed by atoms with van der Waals surface area (Å²) in [6.07, 6.45) is -1.68. The Labute approximate surface area is 214 Å². The summed E-state index contributed by atoms with van der Waals surface area (Å²) in [6, 6.07) is 16.7. The summed E-state index contributed by atoms with van der Waals surface area (Å²) in [6.45, 7) is 0.746. The van der Waals surface area contributed by atoms with Crippen LogP contribution >= 0.6 is 0 Å². The number of rotatable bonds is 5. The third-order valence-electron chi connectivity index (χ3n) is 6.03. The van der Waals surface area contributed by atoms with Gasteiger partial charge in [-0.25, -0.2) is 9.13 Å². The molecule has 0 saturated carbocycles. The standard InChI is InChI=1S/C24H21N4O3.C2HF3O2/c1-26-20-8-7-17(31-2)13-21(20)27(14-16-9-11-25-12-10-16)22(26)15-28-23(29)18-5-3-4-6-19(18)24(28)30;3-2(4,5)1(6)7/h3-13H,14-15H2,1-2H3;(H,6,7)/q+1;/p-1. The van der Waals surface area contributed by atoms with Crippen molar-refractivity contribution in [2.24, 2.45) is 7.05 Å². The average Bonchev–Trinajstić information content (AvgIpc) is 3.30. The first-order chi connectivity index (χ1) is 18.0. The van der Waals surface area contributed by atoms with Crippen LogP contribution in [-0.2, 0) is 24.9 Å². The van der Waals surface area contributed by atoms with Crippen molar-refractivity contribution < 1.29 is 42.0 Å². The van der Waals surface area contributed by atoms with E-state index in [1.54, 1.807) is 43.8 Å². The Bertz CT molecular complexity index is 1500. The van der Waals surface area contributed by atoms with Crippen LogP contribution in [-0.4, -0.2) is 45.5 Å². The van der Waals surface area contributed by atoms with Crippen LogP contribution in [0.5, 0.6) is 5.75 Å². The van der Waals surface area contributed by atoms with Crippen LogP contribution in [0.15, 0.2) is 67.0 Å². The number of benzene rings is 2. The molecule has 0 spiro atoms. The molecule has 4 aromatic rings. The van der Waals surface area contributed by atoms with Gasteiger partial charge in [0.15, 0.2) is 11.0 Å². The topological polar surface area (TPSA) is 108 Å². The number of imide groups is 1. The molecule has 3 heterocycles. The number of alkyl halides is 3. The number of ether oxygens (including phenoxy) is 1. The molecule has 2 aromatic carbocycles. The van der Waals surface area contributed by atoms with E-state index < -0.39 is 12.1 Å². The van der Waals surface area contributed by atoms with E-state index in [4.69, 9.17) is 14.6 Å². The number of pyridine rings is 1. The number of halogens is 3. The predicted octanol–water partition coefficient (Wildman–Crippen LogP) is 2.01. The Balaban J connectivity index is 0.000000426. The zero-order valence-corrected chi connectivity index (χ0v) is 20.2. The number of carbonyl (C=O) groups excluding carboxylic acids is 3. The van der Waals surface area contributed by atoms with E-state index in [0.717, 1.165) is 28.2 Å². The number of fused-ring (bicyclic) bond motifs is 2. The summed E-state index contributed by atoms with van der Waals surface area (Å²) in [7, 11) is 3.59. The highest BCUT2D eigenvalue weighted by molar-refractivity contribution is 6.21. The van der Waals surface area contributed by atoms with Crippen LogP contribution in [0.1, 0.15) is 32.1 Å². The zero-order valence-electron chi connectivity index (χ0n) is 20.2. The van der Waals surface area contributed by atoms with Crippen LogP contribution in [0.2, 0.25) is 0 Å². The third-order valence-corrected chi connectivity index (χ3v) is 6.03. The van der Waals surface area contributed by atoms with E-state index in [0.29, 0.717) is 17.7 Å². The van der Waals surface area contributed by atoms with Gasteiger partial charge in [0.05, 0.1) is 25.3 Å². The van der Waals surface area contributed by atoms with Crippen molar-refractivity contribution in [3.63, 3.8) is 0 Å². The predicted molar refractivity (Wildman–Crippen MR) is 125 cm³/mol. The highest BCUT2D eigenvalue weighted by Gasteiger charge is 2.38. The van der Waals surface area contributed by atoms with Gasteiger partial charge in [-0.05, 0) is 42.0 Å². The van der Waals surface area contributed by atoms with Crippen LogP contribution in [0, 0.1) is 0 Å². The Morgan fingerprint density at radius 3 is 2.11 bits per heavy atom. The molecular formula is C26H21F3N4O5. The second-order valence-electron chi connectivity index (χ2n) is 8.30. The minimum Gasteiger partial charge on any atom is -0.542 e. The number of carboxylic acids is 1. The van der Waals surface area contributed by atoms with Crippen molar-refractivity contribution >= 4 is 28.8 Å². The fourth-order valence-corrected chi connectivity index (χ4v) is 4.15. The number of carboxylic acid groups (broad SMARTS) is 1. The maximum absolute atomic E-state index is 13.0. The quantitative estimate of drug-likeness (QED) is 0.291. The lowest BCUT2D eigenvalue weighted by Gasteiger charge is -2.13. The first-order valence-corrected chi connectivity index (χ1v) is 11.2. The summed E-state index contributed by atoms with van der Waals surface area (Å²) >= 11 is 0. The van der Waals surface area contributed by atoms with Gasteiger partial charge in [-0.3, -0.25) is 19.5 Å². The summed E-state index contributed by atoms with van der Waals surface area (Å²) < 4.78 is 41.1. The molecule has 0 N–H and O–H groups in total. The van der Waals surface area contributed by atoms with Crippen molar-refractivity contribution in [3.8, 4) is 5.75 Å². The highest BCUT2D eigenvalue weighted by Crippen LogP contribution is 2.27. The third kappa shape index (κ3) is 5.05. The van der Waals surface area contributed by atoms with E-state index in [2.05, 4.69) is 9.55 Å². The first-order valence-electron chi connectivity index (χ1n) is 11.2. The number of methoxy groups -OCH3 is 1. The molecule has 2 aromatic heterocycles. The SMILES string of the molecule is COc1ccc2c(c1)n(Cc1ccncc1)c(CN1C(=O)c3ccccc3C1=O)[n+]2C.O=C([O-])C(F)(F)F. The van der Waals surface area contributed by atoms with Gasteiger partial charge in [-0.1, -0.05) is 12.1 Å². The fourth-order valence-electron chi connectivity index (χ4n) is 4.15. The molecule has 0 radical (unpaired) electrons. The van der Waals surface area contributed by atoms with Crippen LogP contribution in [0.4, 0.5) is 13.2 Å². The summed E-state index contributed by atoms with van der Waals surface area (Å²) in [5.74, 6) is -1.95. The average molecular weight is 526 g/mol. The largest absolute Gasteiger partial charge is 0.542 e. The molecule has 0 aliphatic carbocycles. The number of carbonyl (C=O) groups is 3. The van der Waals surface area contributed by atoms with E-state index in [-0.39, 0.29) is 18.4 Å². The number of nitrogens with zero attached hydrogens (tertiary/aromatic N) is 4. The number of aromatic nitrogens is 3. The molecule has 12 heteroatoms. The normalized spacial score (nSPS) is 12.8. The lowest BCUT2D eigenvalue weighted by atomic mass is 10.1. The van der Waals surface area contributed by atoms with Gasteiger partial charge in [0.1, 0.15) is 24.8 Å². The van der Waals surface area contributed by atoms with Gasteiger partial charge in [0, 0.05) is 18.5 Å². The van der Waals surface area contributed by atoms with E-state index in [1.165, 1.54) is 4.90 Å². The number of imidazole rings is 1. The maximum atomic E-state index is 13.0. The molecule has 38 heavy (non-hydrogen) atoms. The highest BCUT2D eigenvalue weighted by atomic mass is 19.4. The molecular weight excluding hydrogens is 505 g/mol. The van der Waals surface area contributed by atoms with Crippen LogP contribution in [0.25, 0.3) is 11.0 Å². The summed E-state index contributed by atoms with van der Waals surface area (Å²) in [5, 5.41) is 8.78. The van der Waals surface area contributed by atoms with E-state index in [9.17, 15) is 22.8 Å². The number of hydrogen-bond acceptors (Lipinski definition) is 6. The fraction of sp³-hybridized carbons (Fsp3) is 0.192. The Kier molecular flexibility index (Phi) is 7.15. The van der Waals surface area contributed by atoms with Crippen molar-refractivity contribution in [1.82, 2.24) is 14.5 Å². The molecule has 1 aliphatic rings. The molecule has 196 valence electrons. The monoisotopic (exact) mass is 526 g/mol. The van der Waals surface area contributed by atoms with E-state index >= 15 is 0 Å². The molecule has 0 saturated heterocycles. The molecule has 5 rings (SSSR count). The van der Waals surface area contributed by atoms with Gasteiger partial charge >= 0.3 is 6.18 Å². The van der Waals surface area contributed by atoms with Crippen molar-refractivity contribution in [1.29, 1.82) is 0 Å². The second-order valence-corrected chi connectivity index (χ2v) is 8.30. The van der Waals surface area contributed by atoms with Crippen molar-refractivity contribution in [2.75, 3.05) is 7.11 Å². The minimum atomic E-state index is -5.19. The van der Waals surface area contributed by atoms with Crippen molar-refractivity contribution in [3.05, 3.63) is 89.5 Å². The van der Waals surface area contributed by atoms with Gasteiger partial charge in [-0.2, -0.15) is 13.2 Å². The van der Waals surface area contributed by atoms with Crippen LogP contribution in [0.3, 0.4) is 0 Å². The molecule has 0 bridgehead atoms. The minimum absolute atomic E-state index is 0.172. The van der Waals surface area contributed by atoms with Gasteiger partial charge in [0.2, 0.25) is 0 Å². The van der Waals surface area contributed by atoms with Crippen LogP contribution < -0.4 is 14.4 Å². The smallest absolute Gasteiger partial charge is 0.430 e. The second kappa shape index (κ2) is 10.3. The number of aliphatic carboxylic acids is 1. The lowest BCUT2D eigenvalue weighted by molar-refractivity contribution is -0.654. The van der Waals surface area contributed by atoms with Gasteiger partial charge < -0.3 is 14.6 Å². The molecule has 9 nitrogen and oxygen atoms in total. The Morgan fingerprint density at radius 2 is 1.58 bits per heavy atom. The lowest BCUT2D eigenvalue weighted by Crippen LogP contribution is -2.39. The van der Waals surface area contributed by atoms with Crippen molar-refractivity contribution in [2.45, 2.75) is 19.3 Å². The number of hydrogen-bond donors (Lipinski definition) is 0. The first kappa shape index (κ1) is 26.3. The number of amides is 2. The van der Waals surface area contributed by atoms with E-state index in [1.807, 2.05) is 41.9 Å². The number of aryl methyl sites for hydroxylation is 1. The van der Waals surface area contributed by atoms with Gasteiger partial charge in [0.25, 0.3) is 17.6 Å². The molecule has 2 amide bonds. The Morgan fingerprint density at radius 1 is 1.00 bits per heavy atom.